The SMILES string of the molecule is CC(C)CCC[C@@H](C)[C@H]1CCC2C3CC=C4CC(OC(=O)NC(=O)CN5CCN(C)CC5)CC[C@]4(C)C3CC[C@@]21C. The number of ether oxygens (including phenoxy) is 1. The number of allylic oxidation sites excluding steroid dienone is 1. The number of nitrogens with one attached hydrogen (secondary N) is 1. The van der Waals surface area contributed by atoms with E-state index in [0.29, 0.717) is 5.41 Å². The van der Waals surface area contributed by atoms with Crippen LogP contribution in [0.25, 0.3) is 0 Å². The van der Waals surface area contributed by atoms with Gasteiger partial charge < -0.3 is 9.64 Å². The lowest BCUT2D eigenvalue weighted by molar-refractivity contribution is -0.122. The zero-order chi connectivity index (χ0) is 29.4. The number of rotatable bonds is 8. The zero-order valence-corrected chi connectivity index (χ0v) is 27.1. The molecule has 1 heterocycles. The van der Waals surface area contributed by atoms with E-state index in [1.54, 1.807) is 0 Å². The first-order valence-corrected chi connectivity index (χ1v) is 17.1. The Hall–Kier alpha value is -1.40. The van der Waals surface area contributed by atoms with Crippen molar-refractivity contribution in [3.8, 4) is 0 Å². The summed E-state index contributed by atoms with van der Waals surface area (Å²) in [5, 5.41) is 2.50. The van der Waals surface area contributed by atoms with E-state index in [2.05, 4.69) is 62.9 Å². The van der Waals surface area contributed by atoms with Crippen LogP contribution >= 0.6 is 0 Å². The van der Waals surface area contributed by atoms with Crippen LogP contribution in [0.15, 0.2) is 11.6 Å². The smallest absolute Gasteiger partial charge is 0.414 e. The first-order chi connectivity index (χ1) is 19.5. The molecule has 232 valence electrons. The molecule has 4 fully saturated rings. The van der Waals surface area contributed by atoms with Gasteiger partial charge in [-0.05, 0) is 98.3 Å². The third-order valence-electron chi connectivity index (χ3n) is 12.7. The fourth-order valence-electron chi connectivity index (χ4n) is 10.3. The van der Waals surface area contributed by atoms with Gasteiger partial charge in [-0.3, -0.25) is 15.0 Å². The largest absolute Gasteiger partial charge is 0.446 e. The van der Waals surface area contributed by atoms with Crippen LogP contribution in [0.2, 0.25) is 0 Å². The van der Waals surface area contributed by atoms with Crippen molar-refractivity contribution in [1.82, 2.24) is 15.1 Å². The maximum atomic E-state index is 12.6. The van der Waals surface area contributed by atoms with Gasteiger partial charge in [0.1, 0.15) is 6.10 Å². The van der Waals surface area contributed by atoms with E-state index in [0.717, 1.165) is 80.9 Å². The molecule has 41 heavy (non-hydrogen) atoms. The fourth-order valence-corrected chi connectivity index (χ4v) is 10.3. The van der Waals surface area contributed by atoms with E-state index < -0.39 is 6.09 Å². The fraction of sp³-hybridized carbons (Fsp3) is 0.886. The summed E-state index contributed by atoms with van der Waals surface area (Å²) in [6.45, 7) is 16.3. The van der Waals surface area contributed by atoms with Gasteiger partial charge in [-0.1, -0.05) is 65.5 Å². The van der Waals surface area contributed by atoms with Crippen LogP contribution in [0.1, 0.15) is 105 Å². The predicted molar refractivity (Wildman–Crippen MR) is 165 cm³/mol. The summed E-state index contributed by atoms with van der Waals surface area (Å²) in [6.07, 6.45) is 15.6. The molecule has 0 spiro atoms. The second kappa shape index (κ2) is 12.7. The number of amides is 2. The molecule has 2 amide bonds. The number of piperazine rings is 1. The Labute approximate surface area is 250 Å². The number of imide groups is 1. The lowest BCUT2D eigenvalue weighted by Gasteiger charge is -2.58. The monoisotopic (exact) mass is 569 g/mol. The molecule has 5 aliphatic rings. The van der Waals surface area contributed by atoms with Gasteiger partial charge >= 0.3 is 6.09 Å². The topological polar surface area (TPSA) is 61.9 Å². The minimum Gasteiger partial charge on any atom is -0.446 e. The number of hydrogen-bond acceptors (Lipinski definition) is 5. The van der Waals surface area contributed by atoms with E-state index in [4.69, 9.17) is 4.74 Å². The molecule has 6 nitrogen and oxygen atoms in total. The normalized spacial score (nSPS) is 38.4. The van der Waals surface area contributed by atoms with Crippen LogP contribution in [0.4, 0.5) is 4.79 Å². The van der Waals surface area contributed by atoms with Gasteiger partial charge in [-0.15, -0.1) is 0 Å². The molecule has 8 atom stereocenters. The molecule has 0 aromatic heterocycles. The molecule has 3 saturated carbocycles. The van der Waals surface area contributed by atoms with Crippen molar-refractivity contribution >= 4 is 12.0 Å². The van der Waals surface area contributed by atoms with Crippen molar-refractivity contribution in [2.75, 3.05) is 39.8 Å². The molecule has 6 heteroatoms. The van der Waals surface area contributed by atoms with Gasteiger partial charge in [0, 0.05) is 32.6 Å². The highest BCUT2D eigenvalue weighted by molar-refractivity contribution is 5.92. The molecular weight excluding hydrogens is 510 g/mol. The molecule has 1 N–H and O–H groups in total. The Morgan fingerprint density at radius 2 is 1.76 bits per heavy atom. The van der Waals surface area contributed by atoms with E-state index >= 15 is 0 Å². The molecule has 5 rings (SSSR count). The lowest BCUT2D eigenvalue weighted by Crippen LogP contribution is -2.51. The van der Waals surface area contributed by atoms with Gasteiger partial charge in [0.2, 0.25) is 5.91 Å². The molecule has 0 bridgehead atoms. The lowest BCUT2D eigenvalue weighted by atomic mass is 9.47. The van der Waals surface area contributed by atoms with Crippen LogP contribution < -0.4 is 5.32 Å². The van der Waals surface area contributed by atoms with Gasteiger partial charge in [0.15, 0.2) is 0 Å². The first kappa shape index (κ1) is 31.0. The minimum absolute atomic E-state index is 0.126. The van der Waals surface area contributed by atoms with E-state index in [-0.39, 0.29) is 24.0 Å². The summed E-state index contributed by atoms with van der Waals surface area (Å²) in [5.41, 5.74) is 2.26. The van der Waals surface area contributed by atoms with Crippen molar-refractivity contribution in [2.45, 2.75) is 111 Å². The van der Waals surface area contributed by atoms with Crippen LogP contribution in [-0.2, 0) is 9.53 Å². The molecule has 1 aliphatic heterocycles. The van der Waals surface area contributed by atoms with Crippen molar-refractivity contribution in [3.63, 3.8) is 0 Å². The number of carbonyl (C=O) groups is 2. The third-order valence-corrected chi connectivity index (χ3v) is 12.7. The Bertz CT molecular complexity index is 972. The number of nitrogens with zero attached hydrogens (tertiary/aromatic N) is 2. The molecule has 0 aromatic carbocycles. The highest BCUT2D eigenvalue weighted by Crippen LogP contribution is 2.67. The minimum atomic E-state index is -0.569. The Morgan fingerprint density at radius 3 is 2.49 bits per heavy atom. The first-order valence-electron chi connectivity index (χ1n) is 17.1. The molecule has 0 aromatic rings. The van der Waals surface area contributed by atoms with Crippen molar-refractivity contribution in [2.24, 2.45) is 46.3 Å². The molecule has 1 saturated heterocycles. The van der Waals surface area contributed by atoms with E-state index in [9.17, 15) is 9.59 Å². The number of alkyl carbamates (subject to hydrolysis) is 1. The number of fused-ring (bicyclic) bond motifs is 5. The number of likely N-dealkylation sites (N-methyl/N-ethyl adjacent to an activating group) is 1. The zero-order valence-electron chi connectivity index (χ0n) is 27.1. The van der Waals surface area contributed by atoms with Gasteiger partial charge in [0.25, 0.3) is 0 Å². The average molecular weight is 570 g/mol. The van der Waals surface area contributed by atoms with Crippen LogP contribution in [-0.4, -0.2) is 67.7 Å². The third kappa shape index (κ3) is 6.59. The van der Waals surface area contributed by atoms with Gasteiger partial charge in [0.05, 0.1) is 6.54 Å². The Balaban J connectivity index is 1.15. The van der Waals surface area contributed by atoms with Crippen LogP contribution in [0, 0.1) is 46.3 Å². The summed E-state index contributed by atoms with van der Waals surface area (Å²) in [7, 11) is 2.10. The molecule has 4 aliphatic carbocycles. The quantitative estimate of drug-likeness (QED) is 0.322. The van der Waals surface area contributed by atoms with Crippen molar-refractivity contribution < 1.29 is 14.3 Å². The van der Waals surface area contributed by atoms with Gasteiger partial charge in [-0.2, -0.15) is 0 Å². The maximum absolute atomic E-state index is 12.6. The van der Waals surface area contributed by atoms with E-state index in [1.807, 2.05) is 0 Å². The summed E-state index contributed by atoms with van der Waals surface area (Å²) in [5.74, 6) is 4.73. The molecular formula is C35H59N3O3. The average Bonchev–Trinajstić information content (AvgIpc) is 3.27. The van der Waals surface area contributed by atoms with E-state index in [1.165, 1.54) is 56.9 Å². The van der Waals surface area contributed by atoms with Crippen molar-refractivity contribution in [1.29, 1.82) is 0 Å². The summed E-state index contributed by atoms with van der Waals surface area (Å²) in [4.78, 5) is 29.5. The van der Waals surface area contributed by atoms with Crippen LogP contribution in [0.3, 0.4) is 0 Å². The van der Waals surface area contributed by atoms with Crippen molar-refractivity contribution in [3.05, 3.63) is 11.6 Å². The molecule has 4 unspecified atom stereocenters. The standard InChI is InChI=1S/C35H59N3O3/c1-24(2)8-7-9-25(3)29-12-13-30-28-11-10-26-22-27(14-16-34(26,4)31(28)15-17-35(29,30)5)41-33(40)36-32(39)23-38-20-18-37(6)19-21-38/h10,24-25,27-31H,7-9,11-23H2,1-6H3,(H,36,39,40)/t25-,27?,28?,29-,30?,31?,34+,35-/m1/s1. The summed E-state index contributed by atoms with van der Waals surface area (Å²) in [6, 6.07) is 0. The Morgan fingerprint density at radius 1 is 1.00 bits per heavy atom. The number of carbonyl (C=O) groups excluding carboxylic acids is 2. The van der Waals surface area contributed by atoms with Crippen LogP contribution in [0.5, 0.6) is 0 Å². The second-order valence-corrected chi connectivity index (χ2v) is 15.7. The summed E-state index contributed by atoms with van der Waals surface area (Å²) >= 11 is 0. The number of hydrogen-bond donors (Lipinski definition) is 1. The predicted octanol–water partition coefficient (Wildman–Crippen LogP) is 6.90. The molecule has 0 radical (unpaired) electrons. The maximum Gasteiger partial charge on any atom is 0.414 e. The second-order valence-electron chi connectivity index (χ2n) is 15.7. The highest BCUT2D eigenvalue weighted by atomic mass is 16.6. The summed E-state index contributed by atoms with van der Waals surface area (Å²) < 4.78 is 5.83. The Kier molecular flexibility index (Phi) is 9.60. The highest BCUT2D eigenvalue weighted by Gasteiger charge is 2.59. The van der Waals surface area contributed by atoms with Gasteiger partial charge in [-0.25, -0.2) is 4.79 Å².